The Hall–Kier alpha value is -1.24. The molecule has 1 nitrogen and oxygen atoms in total. The molecular weight excluding hydrogens is 172 g/mol. The SMILES string of the molecule is COc1ccc(CC2CC=CC2)cc1. The van der Waals surface area contributed by atoms with Crippen LogP contribution >= 0.6 is 0 Å². The predicted molar refractivity (Wildman–Crippen MR) is 58.6 cm³/mol. The first-order valence-corrected chi connectivity index (χ1v) is 5.16. The van der Waals surface area contributed by atoms with E-state index in [2.05, 4.69) is 24.3 Å². The Labute approximate surface area is 85.4 Å². The van der Waals surface area contributed by atoms with E-state index in [1.165, 1.54) is 24.8 Å². The monoisotopic (exact) mass is 188 g/mol. The second-order valence-electron chi connectivity index (χ2n) is 3.86. The minimum absolute atomic E-state index is 0.823. The highest BCUT2D eigenvalue weighted by Gasteiger charge is 2.10. The van der Waals surface area contributed by atoms with Gasteiger partial charge in [-0.1, -0.05) is 24.3 Å². The first-order valence-electron chi connectivity index (χ1n) is 5.16. The van der Waals surface area contributed by atoms with Gasteiger partial charge in [0.2, 0.25) is 0 Å². The van der Waals surface area contributed by atoms with Crippen molar-refractivity contribution in [2.75, 3.05) is 7.11 Å². The van der Waals surface area contributed by atoms with Gasteiger partial charge in [0.15, 0.2) is 0 Å². The molecule has 0 spiro atoms. The maximum absolute atomic E-state index is 5.13. The third kappa shape index (κ3) is 2.16. The van der Waals surface area contributed by atoms with Crippen molar-refractivity contribution in [3.63, 3.8) is 0 Å². The third-order valence-electron chi connectivity index (χ3n) is 2.79. The molecule has 0 N–H and O–H groups in total. The van der Waals surface area contributed by atoms with Gasteiger partial charge in [-0.2, -0.15) is 0 Å². The Morgan fingerprint density at radius 3 is 2.36 bits per heavy atom. The van der Waals surface area contributed by atoms with Crippen LogP contribution in [0.3, 0.4) is 0 Å². The number of benzene rings is 1. The zero-order valence-electron chi connectivity index (χ0n) is 8.57. The van der Waals surface area contributed by atoms with Crippen molar-refractivity contribution >= 4 is 0 Å². The summed E-state index contributed by atoms with van der Waals surface area (Å²) < 4.78 is 5.13. The lowest BCUT2D eigenvalue weighted by atomic mass is 9.97. The smallest absolute Gasteiger partial charge is 0.118 e. The zero-order chi connectivity index (χ0) is 9.80. The highest BCUT2D eigenvalue weighted by Crippen LogP contribution is 2.23. The van der Waals surface area contributed by atoms with Crippen molar-refractivity contribution in [3.8, 4) is 5.75 Å². The van der Waals surface area contributed by atoms with Crippen LogP contribution in [-0.4, -0.2) is 7.11 Å². The number of ether oxygens (including phenoxy) is 1. The molecular formula is C13H16O. The van der Waals surface area contributed by atoms with Crippen LogP contribution in [-0.2, 0) is 6.42 Å². The molecule has 0 aliphatic heterocycles. The third-order valence-corrected chi connectivity index (χ3v) is 2.79. The topological polar surface area (TPSA) is 9.23 Å². The van der Waals surface area contributed by atoms with Gasteiger partial charge >= 0.3 is 0 Å². The predicted octanol–water partition coefficient (Wildman–Crippen LogP) is 3.20. The quantitative estimate of drug-likeness (QED) is 0.662. The molecule has 0 heterocycles. The summed E-state index contributed by atoms with van der Waals surface area (Å²) in [5.41, 5.74) is 1.42. The maximum atomic E-state index is 5.13. The second-order valence-corrected chi connectivity index (χ2v) is 3.86. The van der Waals surface area contributed by atoms with Gasteiger partial charge in [-0.3, -0.25) is 0 Å². The molecule has 1 aliphatic rings. The summed E-state index contributed by atoms with van der Waals surface area (Å²) in [5.74, 6) is 1.77. The number of rotatable bonds is 3. The summed E-state index contributed by atoms with van der Waals surface area (Å²) in [6, 6.07) is 8.41. The summed E-state index contributed by atoms with van der Waals surface area (Å²) in [5, 5.41) is 0. The van der Waals surface area contributed by atoms with Gasteiger partial charge in [0.05, 0.1) is 7.11 Å². The number of hydrogen-bond acceptors (Lipinski definition) is 1. The van der Waals surface area contributed by atoms with Gasteiger partial charge in [0, 0.05) is 0 Å². The largest absolute Gasteiger partial charge is 0.497 e. The molecule has 1 aromatic carbocycles. The molecule has 14 heavy (non-hydrogen) atoms. The van der Waals surface area contributed by atoms with Gasteiger partial charge in [-0.25, -0.2) is 0 Å². The van der Waals surface area contributed by atoms with E-state index in [-0.39, 0.29) is 0 Å². The lowest BCUT2D eigenvalue weighted by Gasteiger charge is -2.09. The first kappa shape index (κ1) is 9.32. The lowest BCUT2D eigenvalue weighted by Crippen LogP contribution is -1.98. The standard InChI is InChI=1S/C13H16O/c1-14-13-8-6-12(7-9-13)10-11-4-2-3-5-11/h2-3,6-9,11H,4-5,10H2,1H3. The van der Waals surface area contributed by atoms with Crippen molar-refractivity contribution in [1.82, 2.24) is 0 Å². The van der Waals surface area contributed by atoms with Crippen LogP contribution in [0, 0.1) is 5.92 Å². The fourth-order valence-electron chi connectivity index (χ4n) is 1.94. The van der Waals surface area contributed by atoms with Gasteiger partial charge in [-0.15, -0.1) is 0 Å². The van der Waals surface area contributed by atoms with E-state index >= 15 is 0 Å². The molecule has 0 atom stereocenters. The first-order chi connectivity index (χ1) is 6.88. The van der Waals surface area contributed by atoms with E-state index < -0.39 is 0 Å². The molecule has 0 bridgehead atoms. The Morgan fingerprint density at radius 2 is 1.79 bits per heavy atom. The van der Waals surface area contributed by atoms with Crippen LogP contribution in [0.25, 0.3) is 0 Å². The van der Waals surface area contributed by atoms with Gasteiger partial charge in [0.1, 0.15) is 5.75 Å². The summed E-state index contributed by atoms with van der Waals surface area (Å²) in [7, 11) is 1.70. The molecule has 0 aromatic heterocycles. The van der Waals surface area contributed by atoms with Crippen LogP contribution in [0.2, 0.25) is 0 Å². The maximum Gasteiger partial charge on any atom is 0.118 e. The van der Waals surface area contributed by atoms with Gasteiger partial charge in [0.25, 0.3) is 0 Å². The highest BCUT2D eigenvalue weighted by atomic mass is 16.5. The van der Waals surface area contributed by atoms with Crippen LogP contribution in [0.1, 0.15) is 18.4 Å². The molecule has 1 heteroatoms. The van der Waals surface area contributed by atoms with Crippen molar-refractivity contribution in [2.24, 2.45) is 5.92 Å². The Bertz CT molecular complexity index is 303. The Morgan fingerprint density at radius 1 is 1.14 bits per heavy atom. The van der Waals surface area contributed by atoms with Crippen LogP contribution < -0.4 is 4.74 Å². The Balaban J connectivity index is 1.96. The molecule has 1 aromatic rings. The van der Waals surface area contributed by atoms with E-state index in [1.807, 2.05) is 12.1 Å². The second kappa shape index (κ2) is 4.32. The molecule has 0 saturated heterocycles. The minimum Gasteiger partial charge on any atom is -0.497 e. The summed E-state index contributed by atoms with van der Waals surface area (Å²) in [6.45, 7) is 0. The minimum atomic E-state index is 0.823. The molecule has 0 unspecified atom stereocenters. The number of methoxy groups -OCH3 is 1. The highest BCUT2D eigenvalue weighted by molar-refractivity contribution is 5.27. The molecule has 74 valence electrons. The Kier molecular flexibility index (Phi) is 2.87. The van der Waals surface area contributed by atoms with Crippen LogP contribution in [0.15, 0.2) is 36.4 Å². The summed E-state index contributed by atoms with van der Waals surface area (Å²) in [6.07, 6.45) is 8.25. The van der Waals surface area contributed by atoms with E-state index in [0.29, 0.717) is 0 Å². The van der Waals surface area contributed by atoms with Crippen LogP contribution in [0.5, 0.6) is 5.75 Å². The number of allylic oxidation sites excluding steroid dienone is 2. The van der Waals surface area contributed by atoms with Gasteiger partial charge in [-0.05, 0) is 42.9 Å². The van der Waals surface area contributed by atoms with E-state index in [4.69, 9.17) is 4.74 Å². The molecule has 2 rings (SSSR count). The zero-order valence-corrected chi connectivity index (χ0v) is 8.57. The normalized spacial score (nSPS) is 16.1. The van der Waals surface area contributed by atoms with Gasteiger partial charge < -0.3 is 4.74 Å². The van der Waals surface area contributed by atoms with Crippen molar-refractivity contribution in [3.05, 3.63) is 42.0 Å². The fraction of sp³-hybridized carbons (Fsp3) is 0.385. The van der Waals surface area contributed by atoms with Crippen molar-refractivity contribution < 1.29 is 4.74 Å². The summed E-state index contributed by atoms with van der Waals surface area (Å²) >= 11 is 0. The fourth-order valence-corrected chi connectivity index (χ4v) is 1.94. The average molecular weight is 188 g/mol. The van der Waals surface area contributed by atoms with Crippen molar-refractivity contribution in [1.29, 1.82) is 0 Å². The molecule has 0 fully saturated rings. The molecule has 1 aliphatic carbocycles. The lowest BCUT2D eigenvalue weighted by molar-refractivity contribution is 0.414. The number of hydrogen-bond donors (Lipinski definition) is 0. The molecule has 0 saturated carbocycles. The van der Waals surface area contributed by atoms with E-state index in [9.17, 15) is 0 Å². The van der Waals surface area contributed by atoms with Crippen LogP contribution in [0.4, 0.5) is 0 Å². The van der Waals surface area contributed by atoms with Crippen molar-refractivity contribution in [2.45, 2.75) is 19.3 Å². The average Bonchev–Trinajstić information content (AvgIpc) is 2.72. The summed E-state index contributed by atoms with van der Waals surface area (Å²) in [4.78, 5) is 0. The van der Waals surface area contributed by atoms with E-state index in [0.717, 1.165) is 11.7 Å². The molecule has 0 radical (unpaired) electrons. The van der Waals surface area contributed by atoms with E-state index in [1.54, 1.807) is 7.11 Å². The molecule has 0 amide bonds.